The number of esters is 1. The minimum Gasteiger partial charge on any atom is -0.454 e. The number of nitrogens with two attached hydrogens (primary N) is 1. The lowest BCUT2D eigenvalue weighted by molar-refractivity contribution is -0.128. The van der Waals surface area contributed by atoms with Crippen LogP contribution < -0.4 is 10.6 Å². The van der Waals surface area contributed by atoms with Crippen LogP contribution in [0.3, 0.4) is 0 Å². The summed E-state index contributed by atoms with van der Waals surface area (Å²) in [6.07, 6.45) is 1.52. The molecule has 2 heterocycles. The lowest BCUT2D eigenvalue weighted by Gasteiger charge is -2.15. The predicted octanol–water partition coefficient (Wildman–Crippen LogP) is 0.999. The number of benzene rings is 1. The van der Waals surface area contributed by atoms with E-state index < -0.39 is 5.97 Å². The third-order valence-electron chi connectivity index (χ3n) is 4.15. The van der Waals surface area contributed by atoms with E-state index in [4.69, 9.17) is 10.5 Å². The Morgan fingerprint density at radius 2 is 1.96 bits per heavy atom. The van der Waals surface area contributed by atoms with Gasteiger partial charge in [-0.05, 0) is 24.1 Å². The molecular formula is C18H22N6O3. The summed E-state index contributed by atoms with van der Waals surface area (Å²) in [7, 11) is 3.56. The second-order valence-electron chi connectivity index (χ2n) is 6.50. The maximum Gasteiger partial charge on any atom is 0.338 e. The first kappa shape index (κ1) is 18.6. The number of amides is 1. The Balaban J connectivity index is 1.59. The molecule has 2 N–H and O–H groups in total. The molecule has 0 aliphatic carbocycles. The third kappa shape index (κ3) is 4.69. The van der Waals surface area contributed by atoms with Crippen LogP contribution >= 0.6 is 0 Å². The van der Waals surface area contributed by atoms with Gasteiger partial charge in [0.05, 0.1) is 5.56 Å². The van der Waals surface area contributed by atoms with Crippen molar-refractivity contribution in [3.05, 3.63) is 41.2 Å². The molecule has 0 unspecified atom stereocenters. The van der Waals surface area contributed by atoms with E-state index in [1.807, 2.05) is 17.0 Å². The molecule has 1 aromatic heterocycles. The number of anilines is 2. The Labute approximate surface area is 157 Å². The van der Waals surface area contributed by atoms with Crippen molar-refractivity contribution in [2.24, 2.45) is 0 Å². The topological polar surface area (TPSA) is 115 Å². The summed E-state index contributed by atoms with van der Waals surface area (Å²) < 4.78 is 5.26. The number of carbonyl (C=O) groups excluding carboxylic acids is 2. The first-order valence-corrected chi connectivity index (χ1v) is 8.64. The smallest absolute Gasteiger partial charge is 0.338 e. The summed E-state index contributed by atoms with van der Waals surface area (Å²) in [5.41, 5.74) is 7.04. The number of ether oxygens (including phenoxy) is 1. The molecule has 1 aromatic carbocycles. The molecule has 1 saturated heterocycles. The van der Waals surface area contributed by atoms with Crippen molar-refractivity contribution in [1.29, 1.82) is 0 Å². The summed E-state index contributed by atoms with van der Waals surface area (Å²) in [6.45, 7) is 1.24. The second-order valence-corrected chi connectivity index (χ2v) is 6.50. The van der Waals surface area contributed by atoms with Crippen LogP contribution in [-0.2, 0) is 22.7 Å². The molecule has 1 fully saturated rings. The van der Waals surface area contributed by atoms with Crippen LogP contribution in [0.15, 0.2) is 24.3 Å². The van der Waals surface area contributed by atoms with E-state index in [9.17, 15) is 9.59 Å². The molecule has 142 valence electrons. The number of carbonyl (C=O) groups is 2. The largest absolute Gasteiger partial charge is 0.454 e. The Kier molecular flexibility index (Phi) is 5.49. The van der Waals surface area contributed by atoms with Crippen LogP contribution in [-0.4, -0.2) is 52.4 Å². The van der Waals surface area contributed by atoms with Gasteiger partial charge in [0.1, 0.15) is 0 Å². The molecule has 1 amide bonds. The van der Waals surface area contributed by atoms with Gasteiger partial charge in [-0.2, -0.15) is 15.0 Å². The second kappa shape index (κ2) is 7.98. The summed E-state index contributed by atoms with van der Waals surface area (Å²) in [5, 5.41) is 0. The number of aromatic nitrogens is 3. The van der Waals surface area contributed by atoms with E-state index in [-0.39, 0.29) is 24.3 Å². The van der Waals surface area contributed by atoms with Gasteiger partial charge in [0.2, 0.25) is 17.8 Å². The Morgan fingerprint density at radius 1 is 1.22 bits per heavy atom. The first-order valence-electron chi connectivity index (χ1n) is 8.64. The van der Waals surface area contributed by atoms with Crippen molar-refractivity contribution in [2.75, 3.05) is 31.3 Å². The van der Waals surface area contributed by atoms with Gasteiger partial charge in [-0.15, -0.1) is 0 Å². The fourth-order valence-electron chi connectivity index (χ4n) is 2.74. The number of likely N-dealkylation sites (tertiary alicyclic amines) is 1. The molecule has 1 aliphatic rings. The van der Waals surface area contributed by atoms with Crippen LogP contribution in [0.4, 0.5) is 11.9 Å². The monoisotopic (exact) mass is 370 g/mol. The van der Waals surface area contributed by atoms with E-state index >= 15 is 0 Å². The molecule has 3 rings (SSSR count). The molecule has 9 nitrogen and oxygen atoms in total. The number of rotatable bonds is 6. The zero-order chi connectivity index (χ0) is 19.4. The summed E-state index contributed by atoms with van der Waals surface area (Å²) in [4.78, 5) is 39.6. The third-order valence-corrected chi connectivity index (χ3v) is 4.15. The van der Waals surface area contributed by atoms with Crippen molar-refractivity contribution in [1.82, 2.24) is 19.9 Å². The molecule has 27 heavy (non-hydrogen) atoms. The zero-order valence-electron chi connectivity index (χ0n) is 15.4. The Bertz CT molecular complexity index is 837. The maximum atomic E-state index is 12.2. The van der Waals surface area contributed by atoms with E-state index in [0.29, 0.717) is 24.5 Å². The van der Waals surface area contributed by atoms with Crippen molar-refractivity contribution < 1.29 is 14.3 Å². The fraction of sp³-hybridized carbons (Fsp3) is 0.389. The predicted molar refractivity (Wildman–Crippen MR) is 98.8 cm³/mol. The average molecular weight is 370 g/mol. The highest BCUT2D eigenvalue weighted by Crippen LogP contribution is 2.15. The molecule has 2 aromatic rings. The standard InChI is InChI=1S/C18H22N6O3/c1-23(2)18-21-14(20-17(19)22-18)11-27-16(26)13-7-5-12(6-8-13)10-24-9-3-4-15(24)25/h5-8H,3-4,9-11H2,1-2H3,(H2,19,20,21,22). The van der Waals surface area contributed by atoms with Gasteiger partial charge in [-0.1, -0.05) is 12.1 Å². The van der Waals surface area contributed by atoms with Crippen LogP contribution in [0, 0.1) is 0 Å². The first-order chi connectivity index (χ1) is 12.9. The normalized spacial score (nSPS) is 13.7. The molecule has 1 aliphatic heterocycles. The quantitative estimate of drug-likeness (QED) is 0.749. The van der Waals surface area contributed by atoms with Crippen LogP contribution in [0.2, 0.25) is 0 Å². The maximum absolute atomic E-state index is 12.2. The highest BCUT2D eigenvalue weighted by atomic mass is 16.5. The number of nitrogens with zero attached hydrogens (tertiary/aromatic N) is 5. The molecular weight excluding hydrogens is 348 g/mol. The molecule has 0 radical (unpaired) electrons. The fourth-order valence-corrected chi connectivity index (χ4v) is 2.74. The average Bonchev–Trinajstić information content (AvgIpc) is 3.04. The number of nitrogen functional groups attached to an aromatic ring is 1. The van der Waals surface area contributed by atoms with Crippen molar-refractivity contribution in [3.63, 3.8) is 0 Å². The van der Waals surface area contributed by atoms with Gasteiger partial charge in [0.25, 0.3) is 0 Å². The van der Waals surface area contributed by atoms with Gasteiger partial charge in [0, 0.05) is 33.6 Å². The van der Waals surface area contributed by atoms with Gasteiger partial charge in [-0.3, -0.25) is 4.79 Å². The molecule has 0 bridgehead atoms. The molecule has 0 atom stereocenters. The lowest BCUT2D eigenvalue weighted by atomic mass is 10.1. The molecule has 0 spiro atoms. The molecule has 9 heteroatoms. The van der Waals surface area contributed by atoms with E-state index in [0.717, 1.165) is 18.5 Å². The van der Waals surface area contributed by atoms with E-state index in [2.05, 4.69) is 15.0 Å². The van der Waals surface area contributed by atoms with Gasteiger partial charge >= 0.3 is 5.97 Å². The van der Waals surface area contributed by atoms with Crippen LogP contribution in [0.1, 0.15) is 34.6 Å². The van der Waals surface area contributed by atoms with Gasteiger partial charge in [0.15, 0.2) is 12.4 Å². The highest BCUT2D eigenvalue weighted by Gasteiger charge is 2.20. The van der Waals surface area contributed by atoms with Crippen molar-refractivity contribution in [3.8, 4) is 0 Å². The Morgan fingerprint density at radius 3 is 2.59 bits per heavy atom. The van der Waals surface area contributed by atoms with E-state index in [1.165, 1.54) is 0 Å². The number of hydrogen-bond acceptors (Lipinski definition) is 8. The van der Waals surface area contributed by atoms with Crippen molar-refractivity contribution >= 4 is 23.8 Å². The SMILES string of the molecule is CN(C)c1nc(N)nc(COC(=O)c2ccc(CN3CCCC3=O)cc2)n1. The van der Waals surface area contributed by atoms with Gasteiger partial charge in [-0.25, -0.2) is 4.79 Å². The molecule has 0 saturated carbocycles. The van der Waals surface area contributed by atoms with Crippen LogP contribution in [0.25, 0.3) is 0 Å². The zero-order valence-corrected chi connectivity index (χ0v) is 15.4. The lowest BCUT2D eigenvalue weighted by Crippen LogP contribution is -2.23. The van der Waals surface area contributed by atoms with E-state index in [1.54, 1.807) is 31.1 Å². The highest BCUT2D eigenvalue weighted by molar-refractivity contribution is 5.89. The summed E-state index contributed by atoms with van der Waals surface area (Å²) >= 11 is 0. The van der Waals surface area contributed by atoms with Crippen LogP contribution in [0.5, 0.6) is 0 Å². The van der Waals surface area contributed by atoms with Gasteiger partial charge < -0.3 is 20.3 Å². The summed E-state index contributed by atoms with van der Waals surface area (Å²) in [5.74, 6) is 0.440. The number of hydrogen-bond donors (Lipinski definition) is 1. The Hall–Kier alpha value is -3.23. The minimum absolute atomic E-state index is 0.0700. The minimum atomic E-state index is -0.482. The van der Waals surface area contributed by atoms with Crippen molar-refractivity contribution in [2.45, 2.75) is 26.0 Å². The summed E-state index contributed by atoms with van der Waals surface area (Å²) in [6, 6.07) is 7.02.